The Kier molecular flexibility index (Phi) is 34.1. The maximum absolute atomic E-state index is 12.9. The number of carbonyl (C=O) groups is 1. The van der Waals surface area contributed by atoms with Crippen LogP contribution in [0.2, 0.25) is 0 Å². The highest BCUT2D eigenvalue weighted by molar-refractivity contribution is 5.76. The number of rotatable bonds is 35. The third-order valence-electron chi connectivity index (χ3n) is 9.99. The summed E-state index contributed by atoms with van der Waals surface area (Å²) < 4.78 is 11.2. The standard InChI is InChI=1S/C47H81NO8/c1-3-5-7-9-11-13-15-17-18-19-20-21-22-23-25-26-28-30-32-34-36-41(50)40(39-55-47-46(54)45(53)44(52)42(38-49)56-47)48-43(51)37-35-33-31-29-27-24-16-14-12-10-8-6-4-2/h6,8,12,14,21-22,24,26-28,34,36,40-42,44-47,49-50,52-54H,3-5,7,9-11,13,15-20,23,25,29-33,35,37-39H2,1-2H3,(H,48,51)/b8-6-,14-12-,22-21+,27-24-,28-26+,36-34+. The fourth-order valence-electron chi connectivity index (χ4n) is 6.43. The molecule has 7 atom stereocenters. The van der Waals surface area contributed by atoms with Crippen molar-refractivity contribution in [1.82, 2.24) is 5.32 Å². The number of allylic oxidation sites excluding steroid dienone is 11. The minimum atomic E-state index is -1.58. The van der Waals surface area contributed by atoms with E-state index in [1.165, 1.54) is 64.2 Å². The molecular weight excluding hydrogens is 707 g/mol. The fraction of sp³-hybridized carbons (Fsp3) is 0.723. The van der Waals surface area contributed by atoms with Gasteiger partial charge in [-0.05, 0) is 77.0 Å². The van der Waals surface area contributed by atoms with Crippen molar-refractivity contribution >= 4 is 5.91 Å². The van der Waals surface area contributed by atoms with E-state index in [2.05, 4.69) is 79.9 Å². The minimum absolute atomic E-state index is 0.222. The minimum Gasteiger partial charge on any atom is -0.394 e. The molecule has 0 spiro atoms. The first-order chi connectivity index (χ1) is 27.3. The molecule has 1 fully saturated rings. The molecule has 1 aliphatic rings. The third-order valence-corrected chi connectivity index (χ3v) is 9.99. The van der Waals surface area contributed by atoms with E-state index in [0.717, 1.165) is 70.6 Å². The Morgan fingerprint density at radius 2 is 1.12 bits per heavy atom. The second kappa shape index (κ2) is 36.9. The highest BCUT2D eigenvalue weighted by Crippen LogP contribution is 2.22. The van der Waals surface area contributed by atoms with Crippen molar-refractivity contribution in [2.45, 2.75) is 204 Å². The summed E-state index contributed by atoms with van der Waals surface area (Å²) in [5, 5.41) is 54.1. The molecule has 1 heterocycles. The SMILES string of the molecule is CC/C=C\C/C=C\C/C=C\CCCCCC(=O)NC(COC1OC(CO)C(O)C(O)C1O)C(O)/C=C/CC/C=C/CC/C=C/CCCCCCCCCCCC. The number of amides is 1. The summed E-state index contributed by atoms with van der Waals surface area (Å²) in [6.07, 6.45) is 42.4. The van der Waals surface area contributed by atoms with E-state index in [0.29, 0.717) is 12.8 Å². The van der Waals surface area contributed by atoms with Crippen LogP contribution >= 0.6 is 0 Å². The maximum atomic E-state index is 12.9. The van der Waals surface area contributed by atoms with E-state index in [1.54, 1.807) is 6.08 Å². The monoisotopic (exact) mass is 788 g/mol. The molecule has 0 aliphatic carbocycles. The lowest BCUT2D eigenvalue weighted by Gasteiger charge is -2.40. The van der Waals surface area contributed by atoms with Crippen molar-refractivity contribution in [1.29, 1.82) is 0 Å². The second-order valence-corrected chi connectivity index (χ2v) is 15.1. The number of hydrogen-bond donors (Lipinski definition) is 6. The van der Waals surface area contributed by atoms with Crippen LogP contribution in [0.15, 0.2) is 72.9 Å². The molecule has 7 unspecified atom stereocenters. The maximum Gasteiger partial charge on any atom is 0.220 e. The number of carbonyl (C=O) groups excluding carboxylic acids is 1. The van der Waals surface area contributed by atoms with Crippen LogP contribution in [-0.2, 0) is 14.3 Å². The Hall–Kier alpha value is -2.37. The molecule has 0 bridgehead atoms. The third kappa shape index (κ3) is 27.3. The molecule has 322 valence electrons. The van der Waals surface area contributed by atoms with E-state index in [1.807, 2.05) is 6.08 Å². The second-order valence-electron chi connectivity index (χ2n) is 15.1. The zero-order valence-corrected chi connectivity index (χ0v) is 35.1. The zero-order chi connectivity index (χ0) is 40.9. The van der Waals surface area contributed by atoms with Crippen LogP contribution in [-0.4, -0.2) is 87.5 Å². The lowest BCUT2D eigenvalue weighted by molar-refractivity contribution is -0.302. The quantitative estimate of drug-likeness (QED) is 0.0276. The predicted molar refractivity (Wildman–Crippen MR) is 230 cm³/mol. The number of aliphatic hydroxyl groups is 5. The van der Waals surface area contributed by atoms with Gasteiger partial charge in [0.1, 0.15) is 24.4 Å². The summed E-state index contributed by atoms with van der Waals surface area (Å²) in [5.74, 6) is -0.224. The van der Waals surface area contributed by atoms with Crippen molar-refractivity contribution in [3.63, 3.8) is 0 Å². The molecule has 0 aromatic rings. The molecule has 1 amide bonds. The first-order valence-corrected chi connectivity index (χ1v) is 22.2. The Labute approximate surface area is 340 Å². The summed E-state index contributed by atoms with van der Waals surface area (Å²) in [6.45, 7) is 3.59. The Balaban J connectivity index is 2.44. The molecule has 1 saturated heterocycles. The molecule has 0 aromatic carbocycles. The highest BCUT2D eigenvalue weighted by atomic mass is 16.7. The van der Waals surface area contributed by atoms with Crippen molar-refractivity contribution in [2.24, 2.45) is 0 Å². The van der Waals surface area contributed by atoms with Gasteiger partial charge in [-0.3, -0.25) is 4.79 Å². The topological polar surface area (TPSA) is 149 Å². The molecule has 6 N–H and O–H groups in total. The highest BCUT2D eigenvalue weighted by Gasteiger charge is 2.44. The van der Waals surface area contributed by atoms with Gasteiger partial charge < -0.3 is 40.3 Å². The van der Waals surface area contributed by atoms with Gasteiger partial charge in [-0.2, -0.15) is 0 Å². The van der Waals surface area contributed by atoms with Crippen LogP contribution in [0.5, 0.6) is 0 Å². The van der Waals surface area contributed by atoms with Gasteiger partial charge in [-0.1, -0.05) is 151 Å². The first kappa shape index (κ1) is 51.6. The molecule has 0 aromatic heterocycles. The van der Waals surface area contributed by atoms with Gasteiger partial charge in [0.2, 0.25) is 5.91 Å². The van der Waals surface area contributed by atoms with Gasteiger partial charge in [0, 0.05) is 6.42 Å². The number of ether oxygens (including phenoxy) is 2. The van der Waals surface area contributed by atoms with E-state index in [4.69, 9.17) is 9.47 Å². The van der Waals surface area contributed by atoms with Crippen molar-refractivity contribution < 1.29 is 39.8 Å². The molecule has 56 heavy (non-hydrogen) atoms. The number of unbranched alkanes of at least 4 members (excludes halogenated alkanes) is 15. The molecular formula is C47H81NO8. The van der Waals surface area contributed by atoms with Gasteiger partial charge in [0.25, 0.3) is 0 Å². The van der Waals surface area contributed by atoms with Crippen LogP contribution in [0.4, 0.5) is 0 Å². The molecule has 9 heteroatoms. The lowest BCUT2D eigenvalue weighted by atomic mass is 9.99. The first-order valence-electron chi connectivity index (χ1n) is 22.2. The Morgan fingerprint density at radius 3 is 1.71 bits per heavy atom. The van der Waals surface area contributed by atoms with Gasteiger partial charge >= 0.3 is 0 Å². The van der Waals surface area contributed by atoms with Gasteiger partial charge in [0.15, 0.2) is 6.29 Å². The van der Waals surface area contributed by atoms with Crippen LogP contribution in [0.3, 0.4) is 0 Å². The fourth-order valence-corrected chi connectivity index (χ4v) is 6.43. The average Bonchev–Trinajstić information content (AvgIpc) is 3.20. The summed E-state index contributed by atoms with van der Waals surface area (Å²) in [4.78, 5) is 12.9. The average molecular weight is 788 g/mol. The van der Waals surface area contributed by atoms with E-state index in [9.17, 15) is 30.3 Å². The van der Waals surface area contributed by atoms with Crippen molar-refractivity contribution in [2.75, 3.05) is 13.2 Å². The molecule has 1 aliphatic heterocycles. The van der Waals surface area contributed by atoms with Crippen molar-refractivity contribution in [3.8, 4) is 0 Å². The number of aliphatic hydroxyl groups excluding tert-OH is 5. The van der Waals surface area contributed by atoms with Crippen LogP contribution in [0.1, 0.15) is 162 Å². The lowest BCUT2D eigenvalue weighted by Crippen LogP contribution is -2.60. The van der Waals surface area contributed by atoms with Crippen LogP contribution in [0.25, 0.3) is 0 Å². The van der Waals surface area contributed by atoms with E-state index < -0.39 is 49.5 Å². The Bertz CT molecular complexity index is 1100. The van der Waals surface area contributed by atoms with Crippen LogP contribution in [0, 0.1) is 0 Å². The van der Waals surface area contributed by atoms with Crippen molar-refractivity contribution in [3.05, 3.63) is 72.9 Å². The molecule has 1 rings (SSSR count). The van der Waals surface area contributed by atoms with E-state index in [-0.39, 0.29) is 12.5 Å². The van der Waals surface area contributed by atoms with E-state index >= 15 is 0 Å². The van der Waals surface area contributed by atoms with Gasteiger partial charge in [0.05, 0.1) is 25.4 Å². The summed E-state index contributed by atoms with van der Waals surface area (Å²) >= 11 is 0. The largest absolute Gasteiger partial charge is 0.394 e. The smallest absolute Gasteiger partial charge is 0.220 e. The Morgan fingerprint density at radius 1 is 0.625 bits per heavy atom. The predicted octanol–water partition coefficient (Wildman–Crippen LogP) is 9.00. The van der Waals surface area contributed by atoms with Gasteiger partial charge in [-0.15, -0.1) is 0 Å². The zero-order valence-electron chi connectivity index (χ0n) is 35.1. The summed E-state index contributed by atoms with van der Waals surface area (Å²) in [7, 11) is 0. The summed E-state index contributed by atoms with van der Waals surface area (Å²) in [5.41, 5.74) is 0. The molecule has 9 nitrogen and oxygen atoms in total. The number of hydrogen-bond acceptors (Lipinski definition) is 8. The van der Waals surface area contributed by atoms with Gasteiger partial charge in [-0.25, -0.2) is 0 Å². The number of nitrogens with one attached hydrogen (secondary N) is 1. The molecule has 0 radical (unpaired) electrons. The normalized spacial score (nSPS) is 21.9. The summed E-state index contributed by atoms with van der Waals surface area (Å²) in [6, 6.07) is -0.845. The molecule has 0 saturated carbocycles. The van der Waals surface area contributed by atoms with Crippen LogP contribution < -0.4 is 5.32 Å².